The quantitative estimate of drug-likeness (QED) is 0.270. The number of para-hydroxylation sites is 2. The summed E-state index contributed by atoms with van der Waals surface area (Å²) in [5, 5.41) is 15.3. The van der Waals surface area contributed by atoms with Crippen LogP contribution in [-0.2, 0) is 9.84 Å². The number of aromatic nitrogens is 2. The Morgan fingerprint density at radius 3 is 2.50 bits per heavy atom. The molecule has 178 valence electrons. The minimum atomic E-state index is -4.04. The third kappa shape index (κ3) is 4.17. The van der Waals surface area contributed by atoms with Gasteiger partial charge in [0, 0.05) is 17.1 Å². The highest BCUT2D eigenvalue weighted by Gasteiger charge is 2.23. The number of allylic oxidation sites excluding steroid dienone is 1. The van der Waals surface area contributed by atoms with E-state index in [2.05, 4.69) is 5.10 Å². The molecule has 2 aromatic heterocycles. The summed E-state index contributed by atoms with van der Waals surface area (Å²) in [7, 11) is -2.48. The van der Waals surface area contributed by atoms with Gasteiger partial charge >= 0.3 is 0 Å². The van der Waals surface area contributed by atoms with Crippen molar-refractivity contribution >= 4 is 26.9 Å². The minimum absolute atomic E-state index is 0.0476. The van der Waals surface area contributed by atoms with E-state index in [1.807, 2.05) is 61.5 Å². The van der Waals surface area contributed by atoms with Crippen LogP contribution in [-0.4, -0.2) is 25.3 Å². The van der Waals surface area contributed by atoms with Crippen LogP contribution in [0.3, 0.4) is 0 Å². The van der Waals surface area contributed by atoms with Gasteiger partial charge in [-0.05, 0) is 49.4 Å². The number of rotatable bonds is 6. The Kier molecular flexibility index (Phi) is 5.92. The first-order valence-corrected chi connectivity index (χ1v) is 12.5. The van der Waals surface area contributed by atoms with E-state index in [0.29, 0.717) is 28.4 Å². The normalized spacial score (nSPS) is 12.0. The molecule has 0 saturated heterocycles. The Bertz CT molecular complexity index is 1740. The molecule has 7 nitrogen and oxygen atoms in total. The number of ether oxygens (including phenoxy) is 1. The van der Waals surface area contributed by atoms with Crippen molar-refractivity contribution in [2.24, 2.45) is 0 Å². The van der Waals surface area contributed by atoms with E-state index in [-0.39, 0.29) is 4.90 Å². The van der Waals surface area contributed by atoms with E-state index < -0.39 is 14.7 Å². The van der Waals surface area contributed by atoms with E-state index in [9.17, 15) is 13.7 Å². The van der Waals surface area contributed by atoms with Crippen molar-refractivity contribution in [1.29, 1.82) is 5.26 Å². The topological polar surface area (TPSA) is 98.1 Å². The second-order valence-electron chi connectivity index (χ2n) is 8.14. The highest BCUT2D eigenvalue weighted by Crippen LogP contribution is 2.35. The van der Waals surface area contributed by atoms with E-state index >= 15 is 0 Å². The van der Waals surface area contributed by atoms with Gasteiger partial charge in [0.05, 0.1) is 17.7 Å². The third-order valence-corrected chi connectivity index (χ3v) is 7.42. The number of methoxy groups -OCH3 is 1. The molecule has 8 heteroatoms. The lowest BCUT2D eigenvalue weighted by atomic mass is 10.2. The number of furan rings is 1. The zero-order chi connectivity index (χ0) is 25.3. The van der Waals surface area contributed by atoms with Crippen molar-refractivity contribution in [2.45, 2.75) is 11.8 Å². The minimum Gasteiger partial charge on any atom is -0.493 e. The van der Waals surface area contributed by atoms with E-state index in [1.165, 1.54) is 18.2 Å². The van der Waals surface area contributed by atoms with Crippen molar-refractivity contribution in [3.63, 3.8) is 0 Å². The smallest absolute Gasteiger partial charge is 0.216 e. The fourth-order valence-electron chi connectivity index (χ4n) is 3.87. The van der Waals surface area contributed by atoms with Gasteiger partial charge in [0.15, 0.2) is 17.1 Å². The number of hydrogen-bond acceptors (Lipinski definition) is 6. The summed E-state index contributed by atoms with van der Waals surface area (Å²) in [6.07, 6.45) is 3.01. The summed E-state index contributed by atoms with van der Waals surface area (Å²) in [5.41, 5.74) is 3.05. The predicted molar refractivity (Wildman–Crippen MR) is 137 cm³/mol. The molecular formula is C28H21N3O4S. The highest BCUT2D eigenvalue weighted by atomic mass is 32.2. The summed E-state index contributed by atoms with van der Waals surface area (Å²) in [6.45, 7) is 1.87. The Morgan fingerprint density at radius 2 is 1.81 bits per heavy atom. The molecule has 0 amide bonds. The first-order valence-electron chi connectivity index (χ1n) is 11.1. The molecule has 0 bridgehead atoms. The van der Waals surface area contributed by atoms with Crippen molar-refractivity contribution in [3.05, 3.63) is 101 Å². The van der Waals surface area contributed by atoms with Gasteiger partial charge in [0.1, 0.15) is 16.7 Å². The summed E-state index contributed by atoms with van der Waals surface area (Å²) < 4.78 is 39.7. The molecule has 0 saturated carbocycles. The van der Waals surface area contributed by atoms with Crippen LogP contribution in [0.15, 0.2) is 99.3 Å². The number of sulfone groups is 1. The standard InChI is InChI=1S/C28H21N3O4S/c1-19-11-13-23(14-12-19)36(32,33)24(17-29)15-21-18-31(22-8-4-3-5-9-22)30-27(21)26-16-20-7-6-10-25(34-2)28(20)35-26/h3-16,18H,1-2H3/b24-15-. The molecule has 0 radical (unpaired) electrons. The van der Waals surface area contributed by atoms with Crippen LogP contribution in [0, 0.1) is 18.3 Å². The van der Waals surface area contributed by atoms with Gasteiger partial charge in [-0.1, -0.05) is 48.0 Å². The number of aryl methyl sites for hydroxylation is 1. The maximum absolute atomic E-state index is 13.3. The summed E-state index contributed by atoms with van der Waals surface area (Å²) >= 11 is 0. The Balaban J connectivity index is 1.70. The van der Waals surface area contributed by atoms with E-state index in [4.69, 9.17) is 9.15 Å². The van der Waals surface area contributed by atoms with Gasteiger partial charge in [-0.25, -0.2) is 13.1 Å². The zero-order valence-corrected chi connectivity index (χ0v) is 20.4. The van der Waals surface area contributed by atoms with Gasteiger partial charge in [-0.15, -0.1) is 0 Å². The predicted octanol–water partition coefficient (Wildman–Crippen LogP) is 5.94. The highest BCUT2D eigenvalue weighted by molar-refractivity contribution is 7.95. The van der Waals surface area contributed by atoms with Gasteiger partial charge < -0.3 is 9.15 Å². The Labute approximate surface area is 208 Å². The Morgan fingerprint density at radius 1 is 1.06 bits per heavy atom. The molecule has 0 aliphatic carbocycles. The van der Waals surface area contributed by atoms with Gasteiger partial charge in [-0.2, -0.15) is 10.4 Å². The number of benzene rings is 3. The van der Waals surface area contributed by atoms with Crippen molar-refractivity contribution in [2.75, 3.05) is 7.11 Å². The molecule has 2 heterocycles. The maximum atomic E-state index is 13.3. The molecule has 5 aromatic rings. The summed E-state index contributed by atoms with van der Waals surface area (Å²) in [5.74, 6) is 0.985. The van der Waals surface area contributed by atoms with Crippen LogP contribution in [0.1, 0.15) is 11.1 Å². The average Bonchev–Trinajstić information content (AvgIpc) is 3.52. The third-order valence-electron chi connectivity index (χ3n) is 5.74. The number of hydrogen-bond donors (Lipinski definition) is 0. The van der Waals surface area contributed by atoms with Crippen molar-refractivity contribution in [1.82, 2.24) is 9.78 Å². The molecule has 0 unspecified atom stereocenters. The molecule has 5 rings (SSSR count). The van der Waals surface area contributed by atoms with Crippen LogP contribution in [0.25, 0.3) is 34.2 Å². The second-order valence-corrected chi connectivity index (χ2v) is 10.1. The molecule has 0 N–H and O–H groups in total. The molecule has 0 aliphatic heterocycles. The monoisotopic (exact) mass is 495 g/mol. The average molecular weight is 496 g/mol. The fourth-order valence-corrected chi connectivity index (χ4v) is 5.02. The lowest BCUT2D eigenvalue weighted by Crippen LogP contribution is -2.03. The lowest BCUT2D eigenvalue weighted by molar-refractivity contribution is 0.411. The van der Waals surface area contributed by atoms with E-state index in [0.717, 1.165) is 16.6 Å². The zero-order valence-electron chi connectivity index (χ0n) is 19.5. The SMILES string of the molecule is COc1cccc2cc(-c3nn(-c4ccccc4)cc3/C=C(/C#N)S(=O)(=O)c3ccc(C)cc3)oc12. The van der Waals surface area contributed by atoms with Gasteiger partial charge in [-0.3, -0.25) is 0 Å². The molecule has 36 heavy (non-hydrogen) atoms. The summed E-state index contributed by atoms with van der Waals surface area (Å²) in [6, 6.07) is 25.0. The number of fused-ring (bicyclic) bond motifs is 1. The summed E-state index contributed by atoms with van der Waals surface area (Å²) in [4.78, 5) is -0.347. The second kappa shape index (κ2) is 9.21. The first-order chi connectivity index (χ1) is 17.4. The van der Waals surface area contributed by atoms with Gasteiger partial charge in [0.2, 0.25) is 9.84 Å². The van der Waals surface area contributed by atoms with Gasteiger partial charge in [0.25, 0.3) is 0 Å². The Hall–Kier alpha value is -4.61. The number of nitriles is 1. The maximum Gasteiger partial charge on any atom is 0.216 e. The largest absolute Gasteiger partial charge is 0.493 e. The van der Waals surface area contributed by atoms with Crippen LogP contribution >= 0.6 is 0 Å². The molecule has 0 spiro atoms. The molecule has 0 atom stereocenters. The molecular weight excluding hydrogens is 474 g/mol. The molecule has 3 aromatic carbocycles. The van der Waals surface area contributed by atoms with Crippen molar-refractivity contribution < 1.29 is 17.6 Å². The number of nitrogens with zero attached hydrogens (tertiary/aromatic N) is 3. The van der Waals surface area contributed by atoms with E-state index in [1.54, 1.807) is 36.2 Å². The fraction of sp³-hybridized carbons (Fsp3) is 0.0714. The van der Waals surface area contributed by atoms with Crippen molar-refractivity contribution in [3.8, 4) is 29.0 Å². The molecule has 0 fully saturated rings. The van der Waals surface area contributed by atoms with Crippen LogP contribution in [0.2, 0.25) is 0 Å². The van der Waals surface area contributed by atoms with Crippen LogP contribution in [0.5, 0.6) is 5.75 Å². The lowest BCUT2D eigenvalue weighted by Gasteiger charge is -2.03. The molecule has 0 aliphatic rings. The van der Waals surface area contributed by atoms with Crippen LogP contribution < -0.4 is 4.74 Å². The first kappa shape index (κ1) is 23.1. The van der Waals surface area contributed by atoms with Crippen LogP contribution in [0.4, 0.5) is 0 Å².